The normalized spacial score (nSPS) is 20.2. The number of anilines is 1. The third kappa shape index (κ3) is 3.94. The minimum atomic E-state index is 0.0907. The van der Waals surface area contributed by atoms with Crippen molar-refractivity contribution in [2.24, 2.45) is 11.7 Å². The summed E-state index contributed by atoms with van der Waals surface area (Å²) in [4.78, 5) is 12.0. The van der Waals surface area contributed by atoms with Crippen molar-refractivity contribution >= 4 is 11.7 Å². The summed E-state index contributed by atoms with van der Waals surface area (Å²) >= 11 is 0. The van der Waals surface area contributed by atoms with Gasteiger partial charge < -0.3 is 16.8 Å². The highest BCUT2D eigenvalue weighted by atomic mass is 16.1. The van der Waals surface area contributed by atoms with Crippen LogP contribution in [-0.4, -0.2) is 28.3 Å². The van der Waals surface area contributed by atoms with Crippen LogP contribution >= 0.6 is 0 Å². The molecule has 1 aromatic heterocycles. The Morgan fingerprint density at radius 1 is 1.29 bits per heavy atom. The minimum absolute atomic E-state index is 0.0907. The molecule has 1 aromatic carbocycles. The van der Waals surface area contributed by atoms with Crippen molar-refractivity contribution in [3.8, 4) is 5.69 Å². The Balaban J connectivity index is 1.47. The van der Waals surface area contributed by atoms with E-state index in [0.717, 1.165) is 43.5 Å². The summed E-state index contributed by atoms with van der Waals surface area (Å²) in [6, 6.07) is 11.9. The van der Waals surface area contributed by atoms with Crippen molar-refractivity contribution in [3.05, 3.63) is 42.1 Å². The number of nitrogens with one attached hydrogen (secondary N) is 1. The maximum atomic E-state index is 12.0. The van der Waals surface area contributed by atoms with Gasteiger partial charge in [-0.25, -0.2) is 4.68 Å². The lowest BCUT2D eigenvalue weighted by molar-refractivity contribution is -0.124. The highest BCUT2D eigenvalue weighted by Crippen LogP contribution is 2.24. The summed E-state index contributed by atoms with van der Waals surface area (Å²) in [7, 11) is 0. The Bertz CT molecular complexity index is 682. The van der Waals surface area contributed by atoms with E-state index in [2.05, 4.69) is 10.4 Å². The number of nitrogen functional groups attached to an aromatic ring is 1. The molecule has 2 aromatic rings. The summed E-state index contributed by atoms with van der Waals surface area (Å²) in [5.74, 6) is 0.852. The van der Waals surface area contributed by atoms with Crippen LogP contribution in [-0.2, 0) is 11.2 Å². The molecule has 1 heterocycles. The van der Waals surface area contributed by atoms with Crippen molar-refractivity contribution in [1.82, 2.24) is 15.1 Å². The highest BCUT2D eigenvalue weighted by Gasteiger charge is 2.27. The summed E-state index contributed by atoms with van der Waals surface area (Å²) in [6.45, 7) is 0.655. The van der Waals surface area contributed by atoms with Gasteiger partial charge in [-0.2, -0.15) is 5.10 Å². The molecule has 1 aliphatic carbocycles. The molecule has 0 spiro atoms. The molecule has 3 rings (SSSR count). The van der Waals surface area contributed by atoms with Crippen molar-refractivity contribution in [1.29, 1.82) is 0 Å². The molecule has 0 radical (unpaired) electrons. The molecule has 1 fully saturated rings. The van der Waals surface area contributed by atoms with Gasteiger partial charge in [0.15, 0.2) is 0 Å². The lowest BCUT2D eigenvalue weighted by Gasteiger charge is -2.10. The van der Waals surface area contributed by atoms with E-state index in [1.165, 1.54) is 0 Å². The number of carbonyl (C=O) groups excluding carboxylic acids is 1. The van der Waals surface area contributed by atoms with Gasteiger partial charge in [0.25, 0.3) is 0 Å². The van der Waals surface area contributed by atoms with Gasteiger partial charge in [0.05, 0.1) is 11.4 Å². The second kappa shape index (κ2) is 7.49. The van der Waals surface area contributed by atoms with E-state index in [4.69, 9.17) is 11.5 Å². The average molecular weight is 327 g/mol. The fourth-order valence-corrected chi connectivity index (χ4v) is 3.23. The fourth-order valence-electron chi connectivity index (χ4n) is 3.23. The van der Waals surface area contributed by atoms with Gasteiger partial charge in [-0.15, -0.1) is 0 Å². The lowest BCUT2D eigenvalue weighted by Crippen LogP contribution is -2.31. The van der Waals surface area contributed by atoms with Crippen LogP contribution in [0, 0.1) is 5.92 Å². The summed E-state index contributed by atoms with van der Waals surface area (Å²) in [5, 5.41) is 7.55. The molecular weight excluding hydrogens is 302 g/mol. The lowest BCUT2D eigenvalue weighted by atomic mass is 10.1. The number of amides is 1. The number of nitrogens with two attached hydrogens (primary N) is 2. The zero-order valence-electron chi connectivity index (χ0n) is 13.8. The maximum Gasteiger partial charge on any atom is 0.223 e. The van der Waals surface area contributed by atoms with E-state index in [1.807, 2.05) is 36.4 Å². The van der Waals surface area contributed by atoms with E-state index in [0.29, 0.717) is 12.4 Å². The standard InChI is InChI=1S/C18H25N5O/c19-14-9-8-13(11-14)18(24)21-10-4-5-15-12-17(20)23(22-15)16-6-2-1-3-7-16/h1-3,6-7,12-14H,4-5,8-11,19-20H2,(H,21,24). The number of nitrogens with zero attached hydrogens (tertiary/aromatic N) is 2. The van der Waals surface area contributed by atoms with E-state index >= 15 is 0 Å². The molecule has 1 saturated carbocycles. The first kappa shape index (κ1) is 16.5. The number of benzene rings is 1. The van der Waals surface area contributed by atoms with Gasteiger partial charge in [0.2, 0.25) is 5.91 Å². The van der Waals surface area contributed by atoms with Crippen LogP contribution in [0.3, 0.4) is 0 Å². The third-order valence-electron chi connectivity index (χ3n) is 4.54. The minimum Gasteiger partial charge on any atom is -0.384 e. The van der Waals surface area contributed by atoms with Gasteiger partial charge in [-0.1, -0.05) is 18.2 Å². The molecule has 0 saturated heterocycles. The zero-order chi connectivity index (χ0) is 16.9. The van der Waals surface area contributed by atoms with E-state index in [9.17, 15) is 4.79 Å². The predicted molar refractivity (Wildman–Crippen MR) is 94.6 cm³/mol. The summed E-state index contributed by atoms with van der Waals surface area (Å²) in [6.07, 6.45) is 4.30. The molecule has 1 amide bonds. The van der Waals surface area contributed by atoms with Crippen LogP contribution in [0.1, 0.15) is 31.4 Å². The Labute approximate surface area is 142 Å². The zero-order valence-corrected chi connectivity index (χ0v) is 13.8. The average Bonchev–Trinajstić information content (AvgIpc) is 3.18. The Morgan fingerprint density at radius 3 is 2.79 bits per heavy atom. The fraction of sp³-hybridized carbons (Fsp3) is 0.444. The van der Waals surface area contributed by atoms with Gasteiger partial charge >= 0.3 is 0 Å². The number of hydrogen-bond donors (Lipinski definition) is 3. The predicted octanol–water partition coefficient (Wildman–Crippen LogP) is 1.63. The van der Waals surface area contributed by atoms with Crippen LogP contribution in [0.5, 0.6) is 0 Å². The van der Waals surface area contributed by atoms with Gasteiger partial charge in [-0.05, 0) is 44.2 Å². The molecule has 5 N–H and O–H groups in total. The van der Waals surface area contributed by atoms with Crippen molar-refractivity contribution < 1.29 is 4.79 Å². The van der Waals surface area contributed by atoms with E-state index in [-0.39, 0.29) is 17.9 Å². The van der Waals surface area contributed by atoms with Gasteiger partial charge in [-0.3, -0.25) is 4.79 Å². The summed E-state index contributed by atoms with van der Waals surface area (Å²) in [5.41, 5.74) is 13.8. The van der Waals surface area contributed by atoms with Crippen molar-refractivity contribution in [3.63, 3.8) is 0 Å². The SMILES string of the molecule is Nc1cc(CCCNC(=O)C2CCC(N)C2)nn1-c1ccccc1. The molecule has 24 heavy (non-hydrogen) atoms. The number of aryl methyl sites for hydroxylation is 1. The first-order chi connectivity index (χ1) is 11.6. The molecule has 128 valence electrons. The first-order valence-electron chi connectivity index (χ1n) is 8.56. The second-order valence-electron chi connectivity index (χ2n) is 6.47. The number of para-hydroxylation sites is 1. The van der Waals surface area contributed by atoms with Crippen LogP contribution in [0.15, 0.2) is 36.4 Å². The molecule has 6 heteroatoms. The number of aromatic nitrogens is 2. The maximum absolute atomic E-state index is 12.0. The van der Waals surface area contributed by atoms with E-state index in [1.54, 1.807) is 4.68 Å². The Hall–Kier alpha value is -2.34. The molecule has 1 aliphatic rings. The number of rotatable bonds is 6. The van der Waals surface area contributed by atoms with Crippen molar-refractivity contribution in [2.75, 3.05) is 12.3 Å². The van der Waals surface area contributed by atoms with Crippen LogP contribution in [0.25, 0.3) is 5.69 Å². The van der Waals surface area contributed by atoms with Crippen LogP contribution in [0.4, 0.5) is 5.82 Å². The molecule has 0 aliphatic heterocycles. The molecule has 0 bridgehead atoms. The second-order valence-corrected chi connectivity index (χ2v) is 6.47. The highest BCUT2D eigenvalue weighted by molar-refractivity contribution is 5.78. The third-order valence-corrected chi connectivity index (χ3v) is 4.54. The molecule has 6 nitrogen and oxygen atoms in total. The van der Waals surface area contributed by atoms with Gasteiger partial charge in [0, 0.05) is 24.6 Å². The van der Waals surface area contributed by atoms with Crippen LogP contribution < -0.4 is 16.8 Å². The smallest absolute Gasteiger partial charge is 0.223 e. The Morgan fingerprint density at radius 2 is 2.08 bits per heavy atom. The molecular formula is C18H25N5O. The number of carbonyl (C=O) groups is 1. The molecule has 2 unspecified atom stereocenters. The Kier molecular flexibility index (Phi) is 5.15. The monoisotopic (exact) mass is 327 g/mol. The topological polar surface area (TPSA) is 99.0 Å². The summed E-state index contributed by atoms with van der Waals surface area (Å²) < 4.78 is 1.74. The number of hydrogen-bond acceptors (Lipinski definition) is 4. The van der Waals surface area contributed by atoms with Gasteiger partial charge in [0.1, 0.15) is 5.82 Å². The van der Waals surface area contributed by atoms with E-state index < -0.39 is 0 Å². The largest absolute Gasteiger partial charge is 0.384 e. The first-order valence-corrected chi connectivity index (χ1v) is 8.56. The van der Waals surface area contributed by atoms with Crippen LogP contribution in [0.2, 0.25) is 0 Å². The quantitative estimate of drug-likeness (QED) is 0.702. The molecule has 2 atom stereocenters. The van der Waals surface area contributed by atoms with Crippen molar-refractivity contribution in [2.45, 2.75) is 38.1 Å².